The predicted molar refractivity (Wildman–Crippen MR) is 164 cm³/mol. The van der Waals surface area contributed by atoms with E-state index in [9.17, 15) is 14.4 Å². The largest absolute Gasteiger partial charge is 0.492 e. The number of benzene rings is 3. The molecule has 10 nitrogen and oxygen atoms in total. The molecule has 11 heteroatoms. The molecule has 1 aliphatic rings. The molecule has 43 heavy (non-hydrogen) atoms. The molecule has 0 spiro atoms. The molecule has 1 unspecified atom stereocenters. The third-order valence-electron chi connectivity index (χ3n) is 7.28. The topological polar surface area (TPSA) is 140 Å². The van der Waals surface area contributed by atoms with Crippen LogP contribution in [0.1, 0.15) is 52.1 Å². The second kappa shape index (κ2) is 13.5. The molecular formula is C32H33ClN6O4. The Bertz CT molecular complexity index is 1600. The van der Waals surface area contributed by atoms with Crippen molar-refractivity contribution < 1.29 is 19.1 Å². The molecule has 3 amide bonds. The molecule has 5 rings (SSSR count). The minimum atomic E-state index is -0.899. The lowest BCUT2D eigenvalue weighted by Gasteiger charge is -2.28. The maximum Gasteiger partial charge on any atom is 0.255 e. The van der Waals surface area contributed by atoms with E-state index in [-0.39, 0.29) is 18.4 Å². The number of carbonyl (C=O) groups is 3. The molecule has 222 valence electrons. The summed E-state index contributed by atoms with van der Waals surface area (Å²) >= 11 is 5.97. The van der Waals surface area contributed by atoms with Crippen LogP contribution in [0.2, 0.25) is 5.02 Å². The van der Waals surface area contributed by atoms with Gasteiger partial charge in [-0.2, -0.15) is 0 Å². The highest BCUT2D eigenvalue weighted by atomic mass is 35.5. The first-order valence-corrected chi connectivity index (χ1v) is 14.3. The maximum absolute atomic E-state index is 13.3. The summed E-state index contributed by atoms with van der Waals surface area (Å²) in [5.74, 6) is -0.680. The minimum absolute atomic E-state index is 0.0576. The number of nitrogens with one attached hydrogen (secondary N) is 3. The van der Waals surface area contributed by atoms with E-state index >= 15 is 0 Å². The molecule has 5 N–H and O–H groups in total. The van der Waals surface area contributed by atoms with Crippen molar-refractivity contribution in [3.05, 3.63) is 112 Å². The van der Waals surface area contributed by atoms with E-state index in [1.54, 1.807) is 36.7 Å². The van der Waals surface area contributed by atoms with Crippen LogP contribution in [0.15, 0.2) is 79.3 Å². The fourth-order valence-electron chi connectivity index (χ4n) is 5.09. The van der Waals surface area contributed by atoms with Crippen molar-refractivity contribution in [2.75, 3.05) is 11.9 Å². The van der Waals surface area contributed by atoms with Crippen LogP contribution in [0, 0.1) is 0 Å². The lowest BCUT2D eigenvalue weighted by atomic mass is 9.96. The number of anilines is 1. The summed E-state index contributed by atoms with van der Waals surface area (Å²) in [6, 6.07) is 19.2. The van der Waals surface area contributed by atoms with Crippen molar-refractivity contribution in [1.82, 2.24) is 20.2 Å². The molecule has 0 saturated heterocycles. The number of ether oxygens (including phenoxy) is 1. The second-order valence-corrected chi connectivity index (χ2v) is 10.9. The first-order chi connectivity index (χ1) is 20.8. The molecule has 0 saturated carbocycles. The SMILES string of the molecule is CC(=O)Nc1ccc(Cn2cncc2CNC2CCOc3c(C(=O)N[C@@H](Cc4ccc(Cl)cc4)C(N)=O)cccc32)cc1. The Balaban J connectivity index is 1.25. The van der Waals surface area contributed by atoms with Gasteiger partial charge in [-0.3, -0.25) is 14.4 Å². The van der Waals surface area contributed by atoms with Gasteiger partial charge in [0.25, 0.3) is 5.91 Å². The van der Waals surface area contributed by atoms with Gasteiger partial charge in [0.05, 0.1) is 24.2 Å². The average Bonchev–Trinajstić information content (AvgIpc) is 3.43. The standard InChI is InChI=1S/C32H33ClN6O4/c1-20(40)37-24-11-7-22(8-12-24)18-39-19-35-16-25(39)17-36-28-13-14-43-30-26(28)3-2-4-27(30)32(42)38-29(31(34)41)15-21-5-9-23(33)10-6-21/h2-12,16,19,28-29,36H,13-15,17-18H2,1H3,(H2,34,41)(H,37,40)(H,38,42)/t28?,29-/m0/s1. The molecule has 0 radical (unpaired) electrons. The third kappa shape index (κ3) is 7.59. The number of nitrogens with two attached hydrogens (primary N) is 1. The van der Waals surface area contributed by atoms with Crippen molar-refractivity contribution in [3.63, 3.8) is 0 Å². The van der Waals surface area contributed by atoms with Gasteiger partial charge in [-0.05, 0) is 41.5 Å². The van der Waals surface area contributed by atoms with Gasteiger partial charge in [0.15, 0.2) is 0 Å². The number of nitrogens with zero attached hydrogens (tertiary/aromatic N) is 2. The Hall–Kier alpha value is -4.67. The number of amides is 3. The van der Waals surface area contributed by atoms with E-state index in [2.05, 4.69) is 25.5 Å². The molecule has 4 aromatic rings. The van der Waals surface area contributed by atoms with E-state index in [0.29, 0.717) is 36.0 Å². The summed E-state index contributed by atoms with van der Waals surface area (Å²) in [5, 5.41) is 9.73. The number of primary amides is 1. The molecule has 1 aliphatic heterocycles. The normalized spacial score (nSPS) is 14.7. The van der Waals surface area contributed by atoms with E-state index < -0.39 is 17.9 Å². The van der Waals surface area contributed by atoms with Gasteiger partial charge in [0, 0.05) is 61.4 Å². The van der Waals surface area contributed by atoms with Crippen molar-refractivity contribution in [2.45, 2.75) is 44.9 Å². The van der Waals surface area contributed by atoms with Gasteiger partial charge in [-0.1, -0.05) is 48.0 Å². The van der Waals surface area contributed by atoms with Crippen LogP contribution in [0.25, 0.3) is 0 Å². The quantitative estimate of drug-likeness (QED) is 0.205. The van der Waals surface area contributed by atoms with Gasteiger partial charge < -0.3 is 31.0 Å². The lowest BCUT2D eigenvalue weighted by Crippen LogP contribution is -2.46. The molecule has 1 aromatic heterocycles. The molecule has 0 bridgehead atoms. The van der Waals surface area contributed by atoms with E-state index in [0.717, 1.165) is 34.5 Å². The van der Waals surface area contributed by atoms with E-state index in [1.807, 2.05) is 42.6 Å². The summed E-state index contributed by atoms with van der Waals surface area (Å²) in [4.78, 5) is 41.2. The molecule has 3 aromatic carbocycles. The highest BCUT2D eigenvalue weighted by molar-refractivity contribution is 6.30. The van der Waals surface area contributed by atoms with Crippen LogP contribution in [0.4, 0.5) is 5.69 Å². The van der Waals surface area contributed by atoms with Crippen LogP contribution in [0.3, 0.4) is 0 Å². The van der Waals surface area contributed by atoms with Crippen LogP contribution < -0.4 is 26.4 Å². The van der Waals surface area contributed by atoms with Crippen LogP contribution in [-0.4, -0.2) is 39.9 Å². The third-order valence-corrected chi connectivity index (χ3v) is 7.53. The van der Waals surface area contributed by atoms with Gasteiger partial charge in [0.1, 0.15) is 11.8 Å². The number of carbonyl (C=O) groups excluding carboxylic acids is 3. The number of aromatic nitrogens is 2. The minimum Gasteiger partial charge on any atom is -0.492 e. The number of rotatable bonds is 11. The van der Waals surface area contributed by atoms with Gasteiger partial charge in [-0.15, -0.1) is 0 Å². The predicted octanol–water partition coefficient (Wildman–Crippen LogP) is 3.98. The van der Waals surface area contributed by atoms with Crippen molar-refractivity contribution >= 4 is 35.0 Å². The monoisotopic (exact) mass is 600 g/mol. The van der Waals surface area contributed by atoms with Gasteiger partial charge in [0.2, 0.25) is 11.8 Å². The Morgan fingerprint density at radius 2 is 1.81 bits per heavy atom. The summed E-state index contributed by atoms with van der Waals surface area (Å²) in [6.45, 7) is 3.09. The number of fused-ring (bicyclic) bond motifs is 1. The Morgan fingerprint density at radius 1 is 1.07 bits per heavy atom. The first-order valence-electron chi connectivity index (χ1n) is 14.0. The van der Waals surface area contributed by atoms with E-state index in [4.69, 9.17) is 22.1 Å². The molecule has 0 fully saturated rings. The fraction of sp³-hybridized carbons (Fsp3) is 0.250. The number of halogens is 1. The zero-order valence-corrected chi connectivity index (χ0v) is 24.4. The zero-order valence-electron chi connectivity index (χ0n) is 23.7. The first kappa shape index (κ1) is 29.8. The van der Waals surface area contributed by atoms with Crippen LogP contribution in [0.5, 0.6) is 5.75 Å². The molecular weight excluding hydrogens is 568 g/mol. The molecule has 0 aliphatic carbocycles. The van der Waals surface area contributed by atoms with Gasteiger partial charge in [-0.25, -0.2) is 4.98 Å². The summed E-state index contributed by atoms with van der Waals surface area (Å²) in [6.07, 6.45) is 4.58. The van der Waals surface area contributed by atoms with E-state index in [1.165, 1.54) is 6.92 Å². The smallest absolute Gasteiger partial charge is 0.255 e. The number of hydrogen-bond donors (Lipinski definition) is 4. The summed E-state index contributed by atoms with van der Waals surface area (Å²) in [7, 11) is 0. The lowest BCUT2D eigenvalue weighted by molar-refractivity contribution is -0.119. The summed E-state index contributed by atoms with van der Waals surface area (Å²) in [5.41, 5.74) is 10.5. The zero-order chi connectivity index (χ0) is 30.3. The number of para-hydroxylation sites is 1. The molecule has 2 heterocycles. The highest BCUT2D eigenvalue weighted by Crippen LogP contribution is 2.35. The van der Waals surface area contributed by atoms with Crippen LogP contribution >= 0.6 is 11.6 Å². The van der Waals surface area contributed by atoms with Crippen molar-refractivity contribution in [1.29, 1.82) is 0 Å². The number of imidazole rings is 1. The Morgan fingerprint density at radius 3 is 2.53 bits per heavy atom. The molecule has 2 atom stereocenters. The Kier molecular flexibility index (Phi) is 9.38. The average molecular weight is 601 g/mol. The second-order valence-electron chi connectivity index (χ2n) is 10.4. The van der Waals surface area contributed by atoms with Crippen LogP contribution in [-0.2, 0) is 29.1 Å². The Labute approximate surface area is 254 Å². The fourth-order valence-corrected chi connectivity index (χ4v) is 5.22. The van der Waals surface area contributed by atoms with Gasteiger partial charge >= 0.3 is 0 Å². The van der Waals surface area contributed by atoms with Crippen molar-refractivity contribution in [3.8, 4) is 5.75 Å². The highest BCUT2D eigenvalue weighted by Gasteiger charge is 2.28. The van der Waals surface area contributed by atoms with Crippen molar-refractivity contribution in [2.24, 2.45) is 5.73 Å². The maximum atomic E-state index is 13.3. The number of hydrogen-bond acceptors (Lipinski definition) is 6. The summed E-state index contributed by atoms with van der Waals surface area (Å²) < 4.78 is 8.04.